The number of nitrogens with one attached hydrogen (secondary N) is 2. The number of amides is 2. The Balaban J connectivity index is 1.30. The highest BCUT2D eigenvalue weighted by atomic mass is 19.1. The molecule has 5 rings (SSSR count). The summed E-state index contributed by atoms with van der Waals surface area (Å²) >= 11 is 0. The summed E-state index contributed by atoms with van der Waals surface area (Å²) in [4.78, 5) is 37.2. The van der Waals surface area contributed by atoms with Crippen molar-refractivity contribution in [1.29, 1.82) is 0 Å². The highest BCUT2D eigenvalue weighted by Crippen LogP contribution is 2.30. The van der Waals surface area contributed by atoms with Crippen LogP contribution in [0.1, 0.15) is 55.0 Å². The van der Waals surface area contributed by atoms with Crippen molar-refractivity contribution in [3.63, 3.8) is 0 Å². The summed E-state index contributed by atoms with van der Waals surface area (Å²) in [5.74, 6) is -2.24. The molecule has 1 aromatic carbocycles. The van der Waals surface area contributed by atoms with Crippen LogP contribution in [0.5, 0.6) is 0 Å². The number of nitrogens with zero attached hydrogens (tertiary/aromatic N) is 4. The van der Waals surface area contributed by atoms with Gasteiger partial charge in [0.25, 0.3) is 5.91 Å². The van der Waals surface area contributed by atoms with Gasteiger partial charge in [-0.05, 0) is 44.4 Å². The number of halogens is 2. The third-order valence-electron chi connectivity index (χ3n) is 7.16. The summed E-state index contributed by atoms with van der Waals surface area (Å²) in [6.07, 6.45) is 7.24. The Morgan fingerprint density at radius 2 is 1.92 bits per heavy atom. The standard InChI is InChI=1S/C26H28F2N6O3/c1-15(24-29-9-3-10-30-24)31-25(35)19-14-34(17-4-2-5-17)11-8-21(19)32-26(36)22-13-23(37-33-22)18-7-6-16(27)12-20(18)28/h3,6-7,9-10,12-13,15,17,19,21H,2,4-5,8,11,14H2,1H3,(H,31,35)(H,32,36)/t15?,19-,21-/m0/s1. The molecule has 9 nitrogen and oxygen atoms in total. The molecule has 0 bridgehead atoms. The Labute approximate surface area is 212 Å². The Hall–Kier alpha value is -3.73. The molecule has 2 fully saturated rings. The normalized spacial score (nSPS) is 21.2. The monoisotopic (exact) mass is 510 g/mol. The molecule has 3 atom stereocenters. The Morgan fingerprint density at radius 3 is 2.62 bits per heavy atom. The highest BCUT2D eigenvalue weighted by Gasteiger charge is 2.39. The number of aromatic nitrogens is 3. The fourth-order valence-electron chi connectivity index (χ4n) is 4.86. The average molecular weight is 511 g/mol. The van der Waals surface area contributed by atoms with Gasteiger partial charge in [-0.1, -0.05) is 11.6 Å². The van der Waals surface area contributed by atoms with Crippen molar-refractivity contribution < 1.29 is 22.9 Å². The SMILES string of the molecule is CC(NC(=O)[C@H]1CN(C2CCC2)CC[C@@H]1NC(=O)c1cc(-c2ccc(F)cc2F)on1)c1ncccn1. The molecule has 2 aliphatic rings. The van der Waals surface area contributed by atoms with Crippen LogP contribution in [-0.2, 0) is 4.79 Å². The second-order valence-corrected chi connectivity index (χ2v) is 9.59. The molecule has 3 heterocycles. The maximum atomic E-state index is 14.1. The van der Waals surface area contributed by atoms with Crippen LogP contribution in [0, 0.1) is 17.6 Å². The number of hydrogen-bond donors (Lipinski definition) is 2. The summed E-state index contributed by atoms with van der Waals surface area (Å²) in [5, 5.41) is 9.69. The second kappa shape index (κ2) is 10.7. The van der Waals surface area contributed by atoms with Crippen molar-refractivity contribution in [3.8, 4) is 11.3 Å². The topological polar surface area (TPSA) is 113 Å². The lowest BCUT2D eigenvalue weighted by atomic mass is 9.85. The molecular formula is C26H28F2N6O3. The van der Waals surface area contributed by atoms with Crippen LogP contribution in [0.2, 0.25) is 0 Å². The Kier molecular flexibility index (Phi) is 7.22. The molecule has 11 heteroatoms. The minimum Gasteiger partial charge on any atom is -0.355 e. The second-order valence-electron chi connectivity index (χ2n) is 9.59. The Morgan fingerprint density at radius 1 is 1.14 bits per heavy atom. The highest BCUT2D eigenvalue weighted by molar-refractivity contribution is 5.94. The number of likely N-dealkylation sites (tertiary alicyclic amines) is 1. The molecule has 1 aliphatic carbocycles. The lowest BCUT2D eigenvalue weighted by Gasteiger charge is -2.45. The van der Waals surface area contributed by atoms with Crippen molar-refractivity contribution in [2.75, 3.05) is 13.1 Å². The predicted molar refractivity (Wildman–Crippen MR) is 129 cm³/mol. The zero-order valence-corrected chi connectivity index (χ0v) is 20.4. The van der Waals surface area contributed by atoms with Gasteiger partial charge in [0.05, 0.1) is 17.5 Å². The van der Waals surface area contributed by atoms with Crippen molar-refractivity contribution in [1.82, 2.24) is 30.7 Å². The van der Waals surface area contributed by atoms with Crippen LogP contribution in [0.4, 0.5) is 8.78 Å². The first-order valence-corrected chi connectivity index (χ1v) is 12.4. The fraction of sp³-hybridized carbons (Fsp3) is 0.423. The third kappa shape index (κ3) is 5.51. The molecule has 1 aliphatic heterocycles. The van der Waals surface area contributed by atoms with E-state index in [0.717, 1.165) is 31.5 Å². The first-order valence-electron chi connectivity index (χ1n) is 12.4. The summed E-state index contributed by atoms with van der Waals surface area (Å²) in [7, 11) is 0. The molecule has 2 N–H and O–H groups in total. The number of carbonyl (C=O) groups excluding carboxylic acids is 2. The lowest BCUT2D eigenvalue weighted by molar-refractivity contribution is -0.129. The van der Waals surface area contributed by atoms with Gasteiger partial charge in [0.15, 0.2) is 11.5 Å². The molecule has 2 amide bonds. The summed E-state index contributed by atoms with van der Waals surface area (Å²) < 4.78 is 32.5. The molecule has 194 valence electrons. The number of carbonyl (C=O) groups is 2. The average Bonchev–Trinajstić information content (AvgIpc) is 3.34. The number of rotatable bonds is 7. The van der Waals surface area contributed by atoms with Crippen molar-refractivity contribution >= 4 is 11.8 Å². The van der Waals surface area contributed by atoms with Crippen molar-refractivity contribution in [2.24, 2.45) is 5.92 Å². The summed E-state index contributed by atoms with van der Waals surface area (Å²) in [6.45, 7) is 3.11. The van der Waals surface area contributed by atoms with Gasteiger partial charge in [-0.25, -0.2) is 18.7 Å². The van der Waals surface area contributed by atoms with E-state index in [-0.39, 0.29) is 22.9 Å². The van der Waals surface area contributed by atoms with E-state index in [1.54, 1.807) is 18.5 Å². The number of hydrogen-bond acceptors (Lipinski definition) is 7. The van der Waals surface area contributed by atoms with E-state index in [2.05, 4.69) is 30.7 Å². The van der Waals surface area contributed by atoms with E-state index in [1.807, 2.05) is 6.92 Å². The van der Waals surface area contributed by atoms with E-state index < -0.39 is 35.5 Å². The molecule has 1 unspecified atom stereocenters. The smallest absolute Gasteiger partial charge is 0.273 e. The van der Waals surface area contributed by atoms with E-state index in [9.17, 15) is 18.4 Å². The molecule has 2 aromatic heterocycles. The van der Waals surface area contributed by atoms with Crippen LogP contribution in [0.3, 0.4) is 0 Å². The minimum absolute atomic E-state index is 0.00358. The van der Waals surface area contributed by atoms with Crippen LogP contribution >= 0.6 is 0 Å². The van der Waals surface area contributed by atoms with Crippen LogP contribution in [-0.4, -0.2) is 57.0 Å². The molecule has 1 saturated heterocycles. The molecular weight excluding hydrogens is 482 g/mol. The van der Waals surface area contributed by atoms with Crippen molar-refractivity contribution in [3.05, 3.63) is 65.9 Å². The quantitative estimate of drug-likeness (QED) is 0.502. The van der Waals surface area contributed by atoms with E-state index in [4.69, 9.17) is 4.52 Å². The van der Waals surface area contributed by atoms with E-state index in [0.29, 0.717) is 24.8 Å². The maximum Gasteiger partial charge on any atom is 0.273 e. The molecule has 0 spiro atoms. The van der Waals surface area contributed by atoms with Crippen molar-refractivity contribution in [2.45, 2.75) is 50.7 Å². The molecule has 37 heavy (non-hydrogen) atoms. The number of benzene rings is 1. The van der Waals surface area contributed by atoms with Crippen LogP contribution in [0.25, 0.3) is 11.3 Å². The van der Waals surface area contributed by atoms with Crippen LogP contribution in [0.15, 0.2) is 47.2 Å². The Bertz CT molecular complexity index is 1270. The third-order valence-corrected chi connectivity index (χ3v) is 7.16. The predicted octanol–water partition coefficient (Wildman–Crippen LogP) is 3.26. The first kappa shape index (κ1) is 24.9. The summed E-state index contributed by atoms with van der Waals surface area (Å²) in [5.41, 5.74) is -0.0542. The zero-order chi connectivity index (χ0) is 25.9. The van der Waals surface area contributed by atoms with Gasteiger partial charge in [-0.15, -0.1) is 0 Å². The lowest BCUT2D eigenvalue weighted by Crippen LogP contribution is -2.58. The summed E-state index contributed by atoms with van der Waals surface area (Å²) in [6, 6.07) is 5.70. The maximum absolute atomic E-state index is 14.1. The van der Waals surface area contributed by atoms with E-state index in [1.165, 1.54) is 18.6 Å². The van der Waals surface area contributed by atoms with Gasteiger partial charge < -0.3 is 15.2 Å². The largest absolute Gasteiger partial charge is 0.355 e. The van der Waals surface area contributed by atoms with Gasteiger partial charge >= 0.3 is 0 Å². The van der Waals surface area contributed by atoms with Crippen LogP contribution < -0.4 is 10.6 Å². The van der Waals surface area contributed by atoms with Gasteiger partial charge in [-0.3, -0.25) is 14.5 Å². The molecule has 0 radical (unpaired) electrons. The number of piperidine rings is 1. The van der Waals surface area contributed by atoms with Gasteiger partial charge in [0.1, 0.15) is 17.5 Å². The first-order chi connectivity index (χ1) is 17.9. The molecule has 1 saturated carbocycles. The zero-order valence-electron chi connectivity index (χ0n) is 20.4. The van der Waals surface area contributed by atoms with E-state index >= 15 is 0 Å². The van der Waals surface area contributed by atoms with Gasteiger partial charge in [0.2, 0.25) is 5.91 Å². The molecule has 3 aromatic rings. The van der Waals surface area contributed by atoms with Gasteiger partial charge in [0, 0.05) is 49.7 Å². The fourth-order valence-corrected chi connectivity index (χ4v) is 4.86. The van der Waals surface area contributed by atoms with Gasteiger partial charge in [-0.2, -0.15) is 0 Å². The minimum atomic E-state index is -0.820.